The van der Waals surface area contributed by atoms with Crippen molar-refractivity contribution in [1.82, 2.24) is 29.6 Å². The first-order valence-electron chi connectivity index (χ1n) is 12.6. The van der Waals surface area contributed by atoms with Gasteiger partial charge >= 0.3 is 5.97 Å². The fraction of sp³-hybridized carbons (Fsp3) is 0.560. The molecule has 0 aliphatic carbocycles. The molecule has 11 nitrogen and oxygen atoms in total. The Bertz CT molecular complexity index is 1150. The maximum Gasteiger partial charge on any atom is 0.326 e. The number of ether oxygens (including phenoxy) is 1. The number of rotatable bonds is 14. The van der Waals surface area contributed by atoms with Gasteiger partial charge in [-0.05, 0) is 56.7 Å². The summed E-state index contributed by atoms with van der Waals surface area (Å²) in [5.74, 6) is 0.602. The number of hydrogen-bond acceptors (Lipinski definition) is 9. The molecular weight excluding hydrogens is 460 g/mol. The number of aryl methyl sites for hydroxylation is 3. The molecule has 0 unspecified atom stereocenters. The largest absolute Gasteiger partial charge is 0.480 e. The summed E-state index contributed by atoms with van der Waals surface area (Å²) in [4.78, 5) is 27.5. The number of carboxylic acids is 1. The van der Waals surface area contributed by atoms with Gasteiger partial charge in [-0.2, -0.15) is 5.10 Å². The van der Waals surface area contributed by atoms with Gasteiger partial charge in [-0.3, -0.25) is 4.68 Å². The summed E-state index contributed by atoms with van der Waals surface area (Å²) in [5.41, 5.74) is 3.78. The van der Waals surface area contributed by atoms with Gasteiger partial charge < -0.3 is 25.4 Å². The van der Waals surface area contributed by atoms with Crippen molar-refractivity contribution in [3.8, 4) is 0 Å². The Balaban J connectivity index is 1.29. The summed E-state index contributed by atoms with van der Waals surface area (Å²) in [5, 5.41) is 20.5. The molecule has 0 fully saturated rings. The average Bonchev–Trinajstić information content (AvgIpc) is 3.28. The number of anilines is 2. The number of nitrogens with zero attached hydrogens (tertiary/aromatic N) is 6. The third-order valence-corrected chi connectivity index (χ3v) is 6.59. The third kappa shape index (κ3) is 6.67. The number of nitrogens with one attached hydrogen (secondary N) is 2. The Kier molecular flexibility index (Phi) is 9.01. The molecule has 3 aromatic rings. The van der Waals surface area contributed by atoms with Crippen molar-refractivity contribution in [2.45, 2.75) is 44.6 Å². The zero-order chi connectivity index (χ0) is 25.3. The number of unbranched alkanes of at least 4 members (excludes halogenated alkanes) is 1. The molecule has 0 radical (unpaired) electrons. The molecule has 1 atom stereocenters. The van der Waals surface area contributed by atoms with Crippen LogP contribution in [0.15, 0.2) is 24.7 Å². The van der Waals surface area contributed by atoms with Crippen molar-refractivity contribution >= 4 is 28.6 Å². The Hall–Kier alpha value is -3.31. The van der Waals surface area contributed by atoms with Gasteiger partial charge in [0.2, 0.25) is 0 Å². The smallest absolute Gasteiger partial charge is 0.326 e. The SMILES string of the molecule is COCCN(CCCCc1ccc2c(n1)NCCC2)CC[C@H](Nc1ncnc2cnn(C)c12)C(=O)O. The number of pyridine rings is 1. The van der Waals surface area contributed by atoms with Crippen LogP contribution in [-0.2, 0) is 29.4 Å². The lowest BCUT2D eigenvalue weighted by atomic mass is 10.1. The monoisotopic (exact) mass is 496 g/mol. The van der Waals surface area contributed by atoms with Crippen molar-refractivity contribution in [2.24, 2.45) is 7.05 Å². The van der Waals surface area contributed by atoms with Crippen LogP contribution in [0.2, 0.25) is 0 Å². The molecular formula is C25H36N8O3. The van der Waals surface area contributed by atoms with Crippen LogP contribution >= 0.6 is 0 Å². The lowest BCUT2D eigenvalue weighted by Crippen LogP contribution is -2.37. The van der Waals surface area contributed by atoms with Crippen molar-refractivity contribution in [3.05, 3.63) is 35.9 Å². The minimum Gasteiger partial charge on any atom is -0.480 e. The van der Waals surface area contributed by atoms with E-state index >= 15 is 0 Å². The van der Waals surface area contributed by atoms with E-state index in [1.165, 1.54) is 11.9 Å². The highest BCUT2D eigenvalue weighted by atomic mass is 16.5. The van der Waals surface area contributed by atoms with Crippen LogP contribution in [0.4, 0.5) is 11.6 Å². The topological polar surface area (TPSA) is 130 Å². The molecule has 3 N–H and O–H groups in total. The van der Waals surface area contributed by atoms with E-state index in [0.717, 1.165) is 63.3 Å². The number of methoxy groups -OCH3 is 1. The Morgan fingerprint density at radius 2 is 2.17 bits per heavy atom. The Morgan fingerprint density at radius 3 is 3.00 bits per heavy atom. The standard InChI is InChI=1S/C25H36N8O3/c1-32-22-21(16-29-32)27-17-28-24(22)31-20(25(34)35)10-13-33(14-15-36-2)12-4-3-7-19-9-8-18-6-5-11-26-23(18)30-19/h8-9,16-17,20H,3-7,10-15H2,1-2H3,(H,26,30)(H,34,35)(H,27,28,31)/t20-/m0/s1. The minimum absolute atomic E-state index is 0.431. The number of aliphatic carboxylic acids is 1. The molecule has 0 saturated heterocycles. The molecule has 3 aromatic heterocycles. The lowest BCUT2D eigenvalue weighted by Gasteiger charge is -2.24. The van der Waals surface area contributed by atoms with Crippen LogP contribution in [0.3, 0.4) is 0 Å². The van der Waals surface area contributed by atoms with Gasteiger partial charge in [0, 0.05) is 39.5 Å². The summed E-state index contributed by atoms with van der Waals surface area (Å²) in [6.07, 6.45) is 8.71. The molecule has 0 bridgehead atoms. The zero-order valence-corrected chi connectivity index (χ0v) is 21.1. The maximum atomic E-state index is 12.0. The summed E-state index contributed by atoms with van der Waals surface area (Å²) in [7, 11) is 3.47. The van der Waals surface area contributed by atoms with E-state index < -0.39 is 12.0 Å². The predicted molar refractivity (Wildman–Crippen MR) is 138 cm³/mol. The Labute approximate surface area is 211 Å². The summed E-state index contributed by atoms with van der Waals surface area (Å²) in [6.45, 7) is 3.86. The van der Waals surface area contributed by atoms with Gasteiger partial charge in [0.1, 0.15) is 29.2 Å². The quantitative estimate of drug-likeness (QED) is 0.286. The average molecular weight is 497 g/mol. The van der Waals surface area contributed by atoms with Crippen LogP contribution in [0.1, 0.15) is 36.9 Å². The molecule has 4 heterocycles. The van der Waals surface area contributed by atoms with Gasteiger partial charge in [-0.15, -0.1) is 0 Å². The van der Waals surface area contributed by atoms with E-state index in [9.17, 15) is 9.90 Å². The van der Waals surface area contributed by atoms with Gasteiger partial charge in [-0.25, -0.2) is 19.7 Å². The summed E-state index contributed by atoms with van der Waals surface area (Å²) < 4.78 is 6.93. The van der Waals surface area contributed by atoms with E-state index in [2.05, 4.69) is 42.7 Å². The highest BCUT2D eigenvalue weighted by molar-refractivity contribution is 5.87. The van der Waals surface area contributed by atoms with E-state index in [-0.39, 0.29) is 0 Å². The lowest BCUT2D eigenvalue weighted by molar-refractivity contribution is -0.138. The first kappa shape index (κ1) is 25.8. The fourth-order valence-corrected chi connectivity index (χ4v) is 4.55. The normalized spacial score (nSPS) is 14.0. The third-order valence-electron chi connectivity index (χ3n) is 6.59. The van der Waals surface area contributed by atoms with Gasteiger partial charge in [0.05, 0.1) is 12.8 Å². The van der Waals surface area contributed by atoms with E-state index in [1.807, 2.05) is 0 Å². The molecule has 4 rings (SSSR count). The van der Waals surface area contributed by atoms with Crippen molar-refractivity contribution in [2.75, 3.05) is 50.5 Å². The first-order valence-corrected chi connectivity index (χ1v) is 12.6. The summed E-state index contributed by atoms with van der Waals surface area (Å²) in [6, 6.07) is 3.56. The van der Waals surface area contributed by atoms with Crippen LogP contribution in [0.25, 0.3) is 11.0 Å². The molecule has 36 heavy (non-hydrogen) atoms. The number of hydrogen-bond donors (Lipinski definition) is 3. The summed E-state index contributed by atoms with van der Waals surface area (Å²) >= 11 is 0. The molecule has 1 aliphatic heterocycles. The van der Waals surface area contributed by atoms with Gasteiger partial charge in [0.25, 0.3) is 0 Å². The van der Waals surface area contributed by atoms with Crippen LogP contribution in [0.5, 0.6) is 0 Å². The highest BCUT2D eigenvalue weighted by Crippen LogP contribution is 2.21. The molecule has 0 amide bonds. The van der Waals surface area contributed by atoms with Gasteiger partial charge in [-0.1, -0.05) is 6.07 Å². The van der Waals surface area contributed by atoms with E-state index in [4.69, 9.17) is 9.72 Å². The van der Waals surface area contributed by atoms with Crippen molar-refractivity contribution in [1.29, 1.82) is 0 Å². The van der Waals surface area contributed by atoms with E-state index in [0.29, 0.717) is 36.4 Å². The first-order chi connectivity index (χ1) is 17.5. The number of fused-ring (bicyclic) bond motifs is 2. The molecule has 0 spiro atoms. The molecule has 1 aliphatic rings. The number of carboxylic acid groups (broad SMARTS) is 1. The van der Waals surface area contributed by atoms with Crippen molar-refractivity contribution in [3.63, 3.8) is 0 Å². The number of carbonyl (C=O) groups is 1. The molecule has 0 saturated carbocycles. The van der Waals surface area contributed by atoms with Gasteiger partial charge in [0.15, 0.2) is 5.82 Å². The minimum atomic E-state index is -0.914. The van der Waals surface area contributed by atoms with Crippen LogP contribution < -0.4 is 10.6 Å². The second-order valence-electron chi connectivity index (χ2n) is 9.18. The molecule has 194 valence electrons. The van der Waals surface area contributed by atoms with E-state index in [1.54, 1.807) is 25.0 Å². The van der Waals surface area contributed by atoms with Crippen molar-refractivity contribution < 1.29 is 14.6 Å². The Morgan fingerprint density at radius 1 is 1.28 bits per heavy atom. The van der Waals surface area contributed by atoms with Crippen LogP contribution in [-0.4, -0.2) is 86.6 Å². The maximum absolute atomic E-state index is 12.0. The predicted octanol–water partition coefficient (Wildman–Crippen LogP) is 2.34. The zero-order valence-electron chi connectivity index (χ0n) is 21.1. The second-order valence-corrected chi connectivity index (χ2v) is 9.18. The van der Waals surface area contributed by atoms with Crippen LogP contribution in [0, 0.1) is 0 Å². The fourth-order valence-electron chi connectivity index (χ4n) is 4.55. The second kappa shape index (κ2) is 12.6. The molecule has 11 heteroatoms. The number of aromatic nitrogens is 5. The molecule has 0 aromatic carbocycles. The highest BCUT2D eigenvalue weighted by Gasteiger charge is 2.21.